The van der Waals surface area contributed by atoms with Crippen LogP contribution in [0, 0.1) is 17.8 Å². The molecular formula is C34H38ClF2N3O4S. The van der Waals surface area contributed by atoms with Gasteiger partial charge in [0.05, 0.1) is 11.5 Å². The molecule has 3 aliphatic rings. The number of likely N-dealkylation sites (tertiary alicyclic amines) is 1. The Morgan fingerprint density at radius 2 is 1.49 bits per heavy atom. The van der Waals surface area contributed by atoms with Gasteiger partial charge in [-0.25, -0.2) is 8.42 Å². The highest BCUT2D eigenvalue weighted by atomic mass is 35.5. The molecule has 1 amide bonds. The maximum absolute atomic E-state index is 16.4. The first kappa shape index (κ1) is 31.9. The van der Waals surface area contributed by atoms with Gasteiger partial charge < -0.3 is 15.0 Å². The number of halogens is 3. The SMILES string of the molecule is O=C(C(NS(=O)(=O)c1ccc(OCC2CCCCC2)cc1)C(F)(F)c1ccc(-c2ccc(Cl)cc2)cc1)N1C[C@H]2CNC[C@H]2C1. The molecule has 2 saturated heterocycles. The first-order chi connectivity index (χ1) is 21.6. The molecule has 2 heterocycles. The number of rotatable bonds is 10. The van der Waals surface area contributed by atoms with Crippen molar-refractivity contribution in [3.8, 4) is 16.9 Å². The number of amides is 1. The topological polar surface area (TPSA) is 87.7 Å². The second-order valence-corrected chi connectivity index (χ2v) is 14.6. The van der Waals surface area contributed by atoms with Crippen molar-refractivity contribution in [2.24, 2.45) is 17.8 Å². The van der Waals surface area contributed by atoms with Crippen LogP contribution in [-0.2, 0) is 20.7 Å². The average Bonchev–Trinajstić information content (AvgIpc) is 3.67. The van der Waals surface area contributed by atoms with Gasteiger partial charge in [0.15, 0.2) is 6.04 Å². The maximum atomic E-state index is 16.4. The number of alkyl halides is 2. The highest BCUT2D eigenvalue weighted by Gasteiger charge is 2.51. The molecule has 45 heavy (non-hydrogen) atoms. The van der Waals surface area contributed by atoms with Crippen molar-refractivity contribution >= 4 is 27.5 Å². The summed E-state index contributed by atoms with van der Waals surface area (Å²) in [5.74, 6) is -3.50. The third-order valence-electron chi connectivity index (χ3n) is 9.38. The van der Waals surface area contributed by atoms with E-state index in [0.717, 1.165) is 18.4 Å². The molecule has 240 valence electrons. The Hall–Kier alpha value is -3.05. The second-order valence-electron chi connectivity index (χ2n) is 12.5. The summed E-state index contributed by atoms with van der Waals surface area (Å²) in [5.41, 5.74) is 1.00. The van der Waals surface area contributed by atoms with Gasteiger partial charge in [-0.3, -0.25) is 4.79 Å². The average molecular weight is 658 g/mol. The van der Waals surface area contributed by atoms with Crippen molar-refractivity contribution in [3.05, 3.63) is 83.4 Å². The van der Waals surface area contributed by atoms with E-state index in [1.54, 1.807) is 24.3 Å². The lowest BCUT2D eigenvalue weighted by Gasteiger charge is -2.31. The molecule has 6 rings (SSSR count). The van der Waals surface area contributed by atoms with Crippen LogP contribution in [0.3, 0.4) is 0 Å². The van der Waals surface area contributed by atoms with Crippen molar-refractivity contribution < 1.29 is 26.7 Å². The van der Waals surface area contributed by atoms with Crippen LogP contribution in [0.25, 0.3) is 11.1 Å². The van der Waals surface area contributed by atoms with Crippen LogP contribution in [-0.4, -0.2) is 58.1 Å². The molecule has 1 unspecified atom stereocenters. The van der Waals surface area contributed by atoms with E-state index >= 15 is 8.78 Å². The number of sulfonamides is 1. The highest BCUT2D eigenvalue weighted by Crippen LogP contribution is 2.37. The van der Waals surface area contributed by atoms with Gasteiger partial charge >= 0.3 is 0 Å². The van der Waals surface area contributed by atoms with Crippen molar-refractivity contribution in [2.75, 3.05) is 32.8 Å². The summed E-state index contributed by atoms with van der Waals surface area (Å²) in [6, 6.07) is 15.9. The van der Waals surface area contributed by atoms with E-state index in [9.17, 15) is 13.2 Å². The minimum atomic E-state index is -4.51. The van der Waals surface area contributed by atoms with Crippen LogP contribution >= 0.6 is 11.6 Å². The molecule has 1 aliphatic carbocycles. The summed E-state index contributed by atoms with van der Waals surface area (Å²) < 4.78 is 67.8. The Bertz CT molecular complexity index is 1570. The van der Waals surface area contributed by atoms with E-state index < -0.39 is 33.5 Å². The quantitative estimate of drug-likeness (QED) is 0.276. The van der Waals surface area contributed by atoms with Crippen LogP contribution in [0.4, 0.5) is 8.78 Å². The first-order valence-electron chi connectivity index (χ1n) is 15.6. The zero-order valence-electron chi connectivity index (χ0n) is 24.9. The molecule has 3 aromatic rings. The van der Waals surface area contributed by atoms with Crippen LogP contribution in [0.5, 0.6) is 5.75 Å². The molecule has 3 atom stereocenters. The molecule has 2 aliphatic heterocycles. The number of hydrogen-bond donors (Lipinski definition) is 2. The number of nitrogens with zero attached hydrogens (tertiary/aromatic N) is 1. The lowest BCUT2D eigenvalue weighted by atomic mass is 9.90. The Balaban J connectivity index is 1.23. The Morgan fingerprint density at radius 3 is 2.09 bits per heavy atom. The monoisotopic (exact) mass is 657 g/mol. The normalized spacial score (nSPS) is 21.4. The summed E-state index contributed by atoms with van der Waals surface area (Å²) in [7, 11) is -4.51. The molecule has 0 aromatic heterocycles. The number of benzene rings is 3. The first-order valence-corrected chi connectivity index (χ1v) is 17.5. The van der Waals surface area contributed by atoms with E-state index in [4.69, 9.17) is 16.3 Å². The highest BCUT2D eigenvalue weighted by molar-refractivity contribution is 7.89. The molecule has 1 saturated carbocycles. The number of hydrogen-bond acceptors (Lipinski definition) is 5. The number of carbonyl (C=O) groups is 1. The summed E-state index contributed by atoms with van der Waals surface area (Å²) >= 11 is 5.98. The molecule has 3 aromatic carbocycles. The third-order valence-corrected chi connectivity index (χ3v) is 11.1. The second kappa shape index (κ2) is 13.4. The third kappa shape index (κ3) is 7.19. The molecule has 0 bridgehead atoms. The van der Waals surface area contributed by atoms with Gasteiger partial charge in [0.25, 0.3) is 5.92 Å². The molecule has 0 radical (unpaired) electrons. The van der Waals surface area contributed by atoms with Gasteiger partial charge in [-0.15, -0.1) is 0 Å². The van der Waals surface area contributed by atoms with E-state index in [1.807, 2.05) is 0 Å². The minimum absolute atomic E-state index is 0.152. The molecular weight excluding hydrogens is 620 g/mol. The summed E-state index contributed by atoms with van der Waals surface area (Å²) in [5, 5.41) is 3.82. The molecule has 2 N–H and O–H groups in total. The minimum Gasteiger partial charge on any atom is -0.493 e. The van der Waals surface area contributed by atoms with Crippen molar-refractivity contribution in [2.45, 2.75) is 49.0 Å². The van der Waals surface area contributed by atoms with Gasteiger partial charge in [0, 0.05) is 36.8 Å². The zero-order chi connectivity index (χ0) is 31.6. The summed E-state index contributed by atoms with van der Waals surface area (Å²) in [6.07, 6.45) is 5.83. The Morgan fingerprint density at radius 1 is 0.911 bits per heavy atom. The van der Waals surface area contributed by atoms with E-state index in [1.165, 1.54) is 72.7 Å². The smallest absolute Gasteiger partial charge is 0.298 e. The number of fused-ring (bicyclic) bond motifs is 1. The maximum Gasteiger partial charge on any atom is 0.298 e. The predicted molar refractivity (Wildman–Crippen MR) is 170 cm³/mol. The number of nitrogens with one attached hydrogen (secondary N) is 2. The summed E-state index contributed by atoms with van der Waals surface area (Å²) in [4.78, 5) is 14.9. The molecule has 7 nitrogen and oxygen atoms in total. The van der Waals surface area contributed by atoms with Gasteiger partial charge in [0.1, 0.15) is 5.75 Å². The fourth-order valence-corrected chi connectivity index (χ4v) is 8.01. The lowest BCUT2D eigenvalue weighted by molar-refractivity contribution is -0.143. The van der Waals surface area contributed by atoms with Gasteiger partial charge in [-0.05, 0) is 78.1 Å². The van der Waals surface area contributed by atoms with Crippen molar-refractivity contribution in [1.82, 2.24) is 14.9 Å². The Kier molecular flexibility index (Phi) is 9.47. The van der Waals surface area contributed by atoms with E-state index in [-0.39, 0.29) is 16.7 Å². The lowest BCUT2D eigenvalue weighted by Crippen LogP contribution is -2.56. The molecule has 11 heteroatoms. The zero-order valence-corrected chi connectivity index (χ0v) is 26.5. The fraction of sp³-hybridized carbons (Fsp3) is 0.441. The van der Waals surface area contributed by atoms with Crippen LogP contribution in [0.2, 0.25) is 5.02 Å². The van der Waals surface area contributed by atoms with E-state index in [2.05, 4.69) is 10.0 Å². The van der Waals surface area contributed by atoms with Gasteiger partial charge in [-0.1, -0.05) is 67.3 Å². The Labute approximate surface area is 268 Å². The molecule has 0 spiro atoms. The van der Waals surface area contributed by atoms with E-state index in [0.29, 0.717) is 55.0 Å². The van der Waals surface area contributed by atoms with Crippen LogP contribution in [0.1, 0.15) is 37.7 Å². The van der Waals surface area contributed by atoms with Gasteiger partial charge in [0.2, 0.25) is 15.9 Å². The number of ether oxygens (including phenoxy) is 1. The van der Waals surface area contributed by atoms with Gasteiger partial charge in [-0.2, -0.15) is 13.5 Å². The van der Waals surface area contributed by atoms with Crippen molar-refractivity contribution in [3.63, 3.8) is 0 Å². The largest absolute Gasteiger partial charge is 0.493 e. The fourth-order valence-electron chi connectivity index (χ4n) is 6.70. The predicted octanol–water partition coefficient (Wildman–Crippen LogP) is 6.08. The summed E-state index contributed by atoms with van der Waals surface area (Å²) in [6.45, 7) is 2.54. The molecule has 3 fully saturated rings. The number of carbonyl (C=O) groups excluding carboxylic acids is 1. The van der Waals surface area contributed by atoms with Crippen LogP contribution in [0.15, 0.2) is 77.7 Å². The van der Waals surface area contributed by atoms with Crippen molar-refractivity contribution in [1.29, 1.82) is 0 Å². The van der Waals surface area contributed by atoms with Crippen LogP contribution < -0.4 is 14.8 Å². The standard InChI is InChI=1S/C34H38ClF2N3O4S/c35-29-12-8-25(9-13-29)24-6-10-28(11-7-24)34(36,37)32(33(41)40-20-26-18-38-19-27(26)21-40)39-45(42,43)31-16-14-30(15-17-31)44-22-23-4-2-1-3-5-23/h6-17,23,26-27,32,38-39H,1-5,18-22H2/t26-,27+,32?.